The number of aliphatic hydroxyl groups is 1. The number of nitrogens with one attached hydrogen (secondary N) is 1. The van der Waals surface area contributed by atoms with Crippen molar-refractivity contribution in [1.29, 1.82) is 0 Å². The second kappa shape index (κ2) is 7.73. The highest BCUT2D eigenvalue weighted by atomic mass is 16.5. The second-order valence-corrected chi connectivity index (χ2v) is 2.98. The molecule has 0 spiro atoms. The molecule has 5 heteroatoms. The van der Waals surface area contributed by atoms with Gasteiger partial charge < -0.3 is 14.6 Å². The SMILES string of the molecule is CCOC(=O)C(C)NC(CO)COC. The number of carbonyl (C=O) groups excluding carboxylic acids is 1. The Kier molecular flexibility index (Phi) is 7.37. The van der Waals surface area contributed by atoms with Crippen LogP contribution in [-0.2, 0) is 14.3 Å². The number of rotatable bonds is 7. The molecule has 2 N–H and O–H groups in total. The maximum atomic E-state index is 11.2. The second-order valence-electron chi connectivity index (χ2n) is 2.98. The van der Waals surface area contributed by atoms with E-state index in [0.717, 1.165) is 0 Å². The number of ether oxygens (including phenoxy) is 2. The van der Waals surface area contributed by atoms with Crippen LogP contribution in [0.25, 0.3) is 0 Å². The molecule has 0 aliphatic rings. The summed E-state index contributed by atoms with van der Waals surface area (Å²) >= 11 is 0. The molecule has 0 bridgehead atoms. The maximum Gasteiger partial charge on any atom is 0.322 e. The third kappa shape index (κ3) is 5.16. The summed E-state index contributed by atoms with van der Waals surface area (Å²) in [6, 6.07) is -0.665. The van der Waals surface area contributed by atoms with Gasteiger partial charge in [-0.05, 0) is 13.8 Å². The Morgan fingerprint density at radius 3 is 2.64 bits per heavy atom. The van der Waals surface area contributed by atoms with Gasteiger partial charge >= 0.3 is 5.97 Å². The first-order valence-corrected chi connectivity index (χ1v) is 4.68. The molecule has 14 heavy (non-hydrogen) atoms. The van der Waals surface area contributed by atoms with Crippen LogP contribution in [0.4, 0.5) is 0 Å². The van der Waals surface area contributed by atoms with Crippen LogP contribution in [0.1, 0.15) is 13.8 Å². The molecule has 0 saturated heterocycles. The summed E-state index contributed by atoms with van der Waals surface area (Å²) in [6.45, 7) is 4.09. The lowest BCUT2D eigenvalue weighted by atomic mass is 10.2. The Bertz CT molecular complexity index is 163. The van der Waals surface area contributed by atoms with E-state index in [1.165, 1.54) is 0 Å². The molecular formula is C9H19NO4. The fourth-order valence-electron chi connectivity index (χ4n) is 1.04. The van der Waals surface area contributed by atoms with Gasteiger partial charge in [0.05, 0.1) is 25.9 Å². The molecule has 5 nitrogen and oxygen atoms in total. The normalized spacial score (nSPS) is 14.9. The van der Waals surface area contributed by atoms with Crippen LogP contribution in [0.5, 0.6) is 0 Å². The van der Waals surface area contributed by atoms with Crippen LogP contribution in [0.2, 0.25) is 0 Å². The van der Waals surface area contributed by atoms with Crippen molar-refractivity contribution in [3.05, 3.63) is 0 Å². The molecule has 0 rings (SSSR count). The predicted octanol–water partition coefficient (Wildman–Crippen LogP) is -0.465. The van der Waals surface area contributed by atoms with Gasteiger partial charge in [-0.3, -0.25) is 10.1 Å². The van der Waals surface area contributed by atoms with E-state index in [1.54, 1.807) is 21.0 Å². The average Bonchev–Trinajstić information content (AvgIpc) is 2.17. The summed E-state index contributed by atoms with van der Waals surface area (Å²) in [7, 11) is 1.54. The molecule has 0 aromatic rings. The van der Waals surface area contributed by atoms with E-state index in [4.69, 9.17) is 14.6 Å². The van der Waals surface area contributed by atoms with Gasteiger partial charge in [-0.15, -0.1) is 0 Å². The topological polar surface area (TPSA) is 67.8 Å². The number of methoxy groups -OCH3 is 1. The van der Waals surface area contributed by atoms with Crippen LogP contribution in [0.3, 0.4) is 0 Å². The quantitative estimate of drug-likeness (QED) is 0.550. The zero-order valence-corrected chi connectivity index (χ0v) is 8.95. The van der Waals surface area contributed by atoms with E-state index in [2.05, 4.69) is 5.32 Å². The number of carbonyl (C=O) groups is 1. The maximum absolute atomic E-state index is 11.2. The van der Waals surface area contributed by atoms with Gasteiger partial charge in [0, 0.05) is 7.11 Å². The molecule has 0 heterocycles. The highest BCUT2D eigenvalue weighted by Crippen LogP contribution is 1.92. The largest absolute Gasteiger partial charge is 0.465 e. The zero-order valence-electron chi connectivity index (χ0n) is 8.95. The first-order valence-electron chi connectivity index (χ1n) is 4.68. The number of aliphatic hydroxyl groups excluding tert-OH is 1. The van der Waals surface area contributed by atoms with Crippen LogP contribution in [0.15, 0.2) is 0 Å². The molecule has 0 amide bonds. The molecular weight excluding hydrogens is 186 g/mol. The van der Waals surface area contributed by atoms with Gasteiger partial charge in [0.15, 0.2) is 0 Å². The van der Waals surface area contributed by atoms with E-state index >= 15 is 0 Å². The summed E-state index contributed by atoms with van der Waals surface area (Å²) in [5, 5.41) is 11.8. The van der Waals surface area contributed by atoms with E-state index < -0.39 is 6.04 Å². The number of hydrogen-bond acceptors (Lipinski definition) is 5. The molecule has 0 aromatic heterocycles. The van der Waals surface area contributed by atoms with Gasteiger partial charge in [0.1, 0.15) is 6.04 Å². The van der Waals surface area contributed by atoms with Gasteiger partial charge in [-0.2, -0.15) is 0 Å². The predicted molar refractivity (Wildman–Crippen MR) is 52.0 cm³/mol. The summed E-state index contributed by atoms with van der Waals surface area (Å²) in [5.41, 5.74) is 0. The Labute approximate surface area is 84.4 Å². The highest BCUT2D eigenvalue weighted by Gasteiger charge is 2.17. The van der Waals surface area contributed by atoms with E-state index in [1.807, 2.05) is 0 Å². The smallest absolute Gasteiger partial charge is 0.322 e. The molecule has 0 aromatic carbocycles. The van der Waals surface area contributed by atoms with Crippen molar-refractivity contribution in [3.63, 3.8) is 0 Å². The van der Waals surface area contributed by atoms with Crippen molar-refractivity contribution in [2.75, 3.05) is 26.9 Å². The van der Waals surface area contributed by atoms with E-state index in [9.17, 15) is 4.79 Å². The average molecular weight is 205 g/mol. The first kappa shape index (κ1) is 13.4. The van der Waals surface area contributed by atoms with Gasteiger partial charge in [0.25, 0.3) is 0 Å². The molecule has 2 atom stereocenters. The summed E-state index contributed by atoms with van der Waals surface area (Å²) in [6.07, 6.45) is 0. The van der Waals surface area contributed by atoms with Crippen LogP contribution < -0.4 is 5.32 Å². The fourth-order valence-corrected chi connectivity index (χ4v) is 1.04. The third-order valence-electron chi connectivity index (χ3n) is 1.71. The lowest BCUT2D eigenvalue weighted by Gasteiger charge is -2.19. The lowest BCUT2D eigenvalue weighted by molar-refractivity contribution is -0.145. The van der Waals surface area contributed by atoms with Crippen molar-refractivity contribution in [3.8, 4) is 0 Å². The monoisotopic (exact) mass is 205 g/mol. The fraction of sp³-hybridized carbons (Fsp3) is 0.889. The minimum Gasteiger partial charge on any atom is -0.465 e. The summed E-state index contributed by atoms with van der Waals surface area (Å²) in [4.78, 5) is 11.2. The molecule has 0 aliphatic carbocycles. The minimum absolute atomic E-state index is 0.0718. The summed E-state index contributed by atoms with van der Waals surface area (Å²) in [5.74, 6) is -0.318. The zero-order chi connectivity index (χ0) is 11.0. The van der Waals surface area contributed by atoms with Crippen LogP contribution in [0, 0.1) is 0 Å². The van der Waals surface area contributed by atoms with Crippen molar-refractivity contribution in [2.24, 2.45) is 0 Å². The van der Waals surface area contributed by atoms with Crippen molar-refractivity contribution < 1.29 is 19.4 Å². The van der Waals surface area contributed by atoms with Gasteiger partial charge in [-0.1, -0.05) is 0 Å². The molecule has 0 saturated carbocycles. The molecule has 84 valence electrons. The van der Waals surface area contributed by atoms with Gasteiger partial charge in [-0.25, -0.2) is 0 Å². The van der Waals surface area contributed by atoms with Crippen LogP contribution >= 0.6 is 0 Å². The van der Waals surface area contributed by atoms with Gasteiger partial charge in [0.2, 0.25) is 0 Å². The molecule has 0 fully saturated rings. The minimum atomic E-state index is -0.428. The van der Waals surface area contributed by atoms with Crippen LogP contribution in [-0.4, -0.2) is 50.1 Å². The highest BCUT2D eigenvalue weighted by molar-refractivity contribution is 5.75. The van der Waals surface area contributed by atoms with E-state index in [-0.39, 0.29) is 18.6 Å². The Morgan fingerprint density at radius 1 is 1.57 bits per heavy atom. The Morgan fingerprint density at radius 2 is 2.21 bits per heavy atom. The Balaban J connectivity index is 3.88. The third-order valence-corrected chi connectivity index (χ3v) is 1.71. The first-order chi connectivity index (χ1) is 6.65. The number of esters is 1. The molecule has 0 aliphatic heterocycles. The van der Waals surface area contributed by atoms with E-state index in [0.29, 0.717) is 13.2 Å². The standard InChI is InChI=1S/C9H19NO4/c1-4-14-9(12)7(2)10-8(5-11)6-13-3/h7-8,10-11H,4-6H2,1-3H3. The lowest BCUT2D eigenvalue weighted by Crippen LogP contribution is -2.46. The molecule has 2 unspecified atom stereocenters. The Hall–Kier alpha value is -0.650. The molecule has 0 radical (unpaired) electrons. The van der Waals surface area contributed by atoms with Crippen molar-refractivity contribution in [1.82, 2.24) is 5.32 Å². The number of hydrogen-bond donors (Lipinski definition) is 2. The van der Waals surface area contributed by atoms with Crippen molar-refractivity contribution >= 4 is 5.97 Å². The van der Waals surface area contributed by atoms with Crippen molar-refractivity contribution in [2.45, 2.75) is 25.9 Å². The summed E-state index contributed by atoms with van der Waals surface area (Å²) < 4.78 is 9.66.